The minimum Gasteiger partial charge on any atom is -0.473 e. The molecule has 3 rings (SSSR count). The Morgan fingerprint density at radius 2 is 2.00 bits per heavy atom. The molecule has 1 aromatic carbocycles. The Morgan fingerprint density at radius 1 is 1.23 bits per heavy atom. The van der Waals surface area contributed by atoms with Crippen molar-refractivity contribution in [2.45, 2.75) is 25.9 Å². The molecule has 1 aliphatic heterocycles. The number of likely N-dealkylation sites (tertiary alicyclic amines) is 1. The fraction of sp³-hybridized carbons (Fsp3) is 0.353. The normalized spacial score (nSPS) is 15.6. The lowest BCUT2D eigenvalue weighted by atomic mass is 10.0. The molecule has 0 spiro atoms. The van der Waals surface area contributed by atoms with Crippen LogP contribution in [0.25, 0.3) is 0 Å². The monoisotopic (exact) mass is 297 g/mol. The van der Waals surface area contributed by atoms with Crippen LogP contribution in [-0.4, -0.2) is 40.0 Å². The topological polar surface area (TPSA) is 55.3 Å². The summed E-state index contributed by atoms with van der Waals surface area (Å²) >= 11 is 0. The lowest BCUT2D eigenvalue weighted by molar-refractivity contribution is 0.0586. The quantitative estimate of drug-likeness (QED) is 0.873. The first-order chi connectivity index (χ1) is 10.7. The standard InChI is InChI=1S/C17H19N3O2/c1-13-4-2-3-5-15(13)17(21)20-10-6-14(7-11-20)22-16-12-18-8-9-19-16/h2-5,8-9,12,14H,6-7,10-11H2,1H3. The first kappa shape index (κ1) is 14.5. The third-order valence-corrected chi connectivity index (χ3v) is 3.93. The van der Waals surface area contributed by atoms with E-state index < -0.39 is 0 Å². The van der Waals surface area contributed by atoms with E-state index in [4.69, 9.17) is 4.74 Å². The third kappa shape index (κ3) is 3.24. The van der Waals surface area contributed by atoms with Gasteiger partial charge in [-0.05, 0) is 18.6 Å². The van der Waals surface area contributed by atoms with Crippen LogP contribution in [0, 0.1) is 6.92 Å². The molecule has 0 radical (unpaired) electrons. The molecule has 1 saturated heterocycles. The predicted molar refractivity (Wildman–Crippen MR) is 82.8 cm³/mol. The number of hydrogen-bond donors (Lipinski definition) is 0. The fourth-order valence-electron chi connectivity index (χ4n) is 2.68. The molecule has 0 N–H and O–H groups in total. The summed E-state index contributed by atoms with van der Waals surface area (Å²) < 4.78 is 5.80. The lowest BCUT2D eigenvalue weighted by Crippen LogP contribution is -2.42. The number of carbonyl (C=O) groups excluding carboxylic acids is 1. The highest BCUT2D eigenvalue weighted by atomic mass is 16.5. The average Bonchev–Trinajstić information content (AvgIpc) is 2.56. The second-order valence-corrected chi connectivity index (χ2v) is 5.47. The first-order valence-electron chi connectivity index (χ1n) is 7.51. The van der Waals surface area contributed by atoms with Crippen molar-refractivity contribution in [3.8, 4) is 5.88 Å². The zero-order valence-electron chi connectivity index (χ0n) is 12.6. The number of ether oxygens (including phenoxy) is 1. The molecular weight excluding hydrogens is 278 g/mol. The summed E-state index contributed by atoms with van der Waals surface area (Å²) in [7, 11) is 0. The number of carbonyl (C=O) groups is 1. The minimum atomic E-state index is 0.0950. The molecule has 5 nitrogen and oxygen atoms in total. The van der Waals surface area contributed by atoms with E-state index in [1.165, 1.54) is 0 Å². The van der Waals surface area contributed by atoms with Gasteiger partial charge in [-0.25, -0.2) is 4.98 Å². The van der Waals surface area contributed by atoms with E-state index in [1.54, 1.807) is 18.6 Å². The number of aryl methyl sites for hydroxylation is 1. The van der Waals surface area contributed by atoms with Crippen LogP contribution in [0.4, 0.5) is 0 Å². The van der Waals surface area contributed by atoms with Crippen LogP contribution in [0.3, 0.4) is 0 Å². The molecule has 0 atom stereocenters. The highest BCUT2D eigenvalue weighted by Crippen LogP contribution is 2.19. The van der Waals surface area contributed by atoms with Crippen molar-refractivity contribution in [3.05, 3.63) is 54.0 Å². The van der Waals surface area contributed by atoms with Gasteiger partial charge >= 0.3 is 0 Å². The van der Waals surface area contributed by atoms with Crippen LogP contribution in [0.5, 0.6) is 5.88 Å². The van der Waals surface area contributed by atoms with Crippen LogP contribution in [0.2, 0.25) is 0 Å². The molecule has 0 bridgehead atoms. The van der Waals surface area contributed by atoms with E-state index in [9.17, 15) is 4.79 Å². The summed E-state index contributed by atoms with van der Waals surface area (Å²) in [6.45, 7) is 3.38. The second-order valence-electron chi connectivity index (χ2n) is 5.47. The van der Waals surface area contributed by atoms with Crippen LogP contribution in [0.15, 0.2) is 42.9 Å². The Morgan fingerprint density at radius 3 is 2.68 bits per heavy atom. The smallest absolute Gasteiger partial charge is 0.254 e. The van der Waals surface area contributed by atoms with Crippen LogP contribution < -0.4 is 4.74 Å². The number of benzene rings is 1. The van der Waals surface area contributed by atoms with Gasteiger partial charge in [0.1, 0.15) is 6.10 Å². The molecule has 1 fully saturated rings. The summed E-state index contributed by atoms with van der Waals surface area (Å²) in [5.41, 5.74) is 1.81. The largest absolute Gasteiger partial charge is 0.473 e. The van der Waals surface area contributed by atoms with Gasteiger partial charge in [-0.15, -0.1) is 0 Å². The first-order valence-corrected chi connectivity index (χ1v) is 7.51. The Kier molecular flexibility index (Phi) is 4.32. The van der Waals surface area contributed by atoms with Gasteiger partial charge in [0, 0.05) is 43.9 Å². The molecule has 2 aromatic rings. The van der Waals surface area contributed by atoms with Gasteiger partial charge in [0.05, 0.1) is 6.20 Å². The van der Waals surface area contributed by atoms with Crippen molar-refractivity contribution in [1.29, 1.82) is 0 Å². The van der Waals surface area contributed by atoms with Gasteiger partial charge in [0.2, 0.25) is 5.88 Å². The van der Waals surface area contributed by atoms with Crippen LogP contribution >= 0.6 is 0 Å². The van der Waals surface area contributed by atoms with E-state index in [0.29, 0.717) is 19.0 Å². The van der Waals surface area contributed by atoms with Crippen molar-refractivity contribution in [2.75, 3.05) is 13.1 Å². The van der Waals surface area contributed by atoms with Crippen LogP contribution in [-0.2, 0) is 0 Å². The number of nitrogens with zero attached hydrogens (tertiary/aromatic N) is 3. The Bertz CT molecular complexity index is 637. The summed E-state index contributed by atoms with van der Waals surface area (Å²) in [6, 6.07) is 7.72. The Balaban J connectivity index is 1.58. The van der Waals surface area contributed by atoms with Gasteiger partial charge in [0.15, 0.2) is 0 Å². The maximum Gasteiger partial charge on any atom is 0.254 e. The summed E-state index contributed by atoms with van der Waals surface area (Å²) in [5.74, 6) is 0.655. The summed E-state index contributed by atoms with van der Waals surface area (Å²) in [4.78, 5) is 22.6. The molecule has 0 unspecified atom stereocenters. The van der Waals surface area contributed by atoms with Gasteiger partial charge < -0.3 is 9.64 Å². The van der Waals surface area contributed by atoms with Crippen molar-refractivity contribution in [2.24, 2.45) is 0 Å². The number of aromatic nitrogens is 2. The van der Waals surface area contributed by atoms with E-state index in [0.717, 1.165) is 24.0 Å². The zero-order chi connectivity index (χ0) is 15.4. The zero-order valence-corrected chi connectivity index (χ0v) is 12.6. The molecule has 0 aliphatic carbocycles. The van der Waals surface area contributed by atoms with Gasteiger partial charge in [-0.3, -0.25) is 9.78 Å². The molecule has 22 heavy (non-hydrogen) atoms. The summed E-state index contributed by atoms with van der Waals surface area (Å²) in [5, 5.41) is 0. The summed E-state index contributed by atoms with van der Waals surface area (Å²) in [6.07, 6.45) is 6.58. The minimum absolute atomic E-state index is 0.0950. The Labute approximate surface area is 130 Å². The Hall–Kier alpha value is -2.43. The fourth-order valence-corrected chi connectivity index (χ4v) is 2.68. The van der Waals surface area contributed by atoms with Crippen molar-refractivity contribution in [1.82, 2.24) is 14.9 Å². The van der Waals surface area contributed by atoms with Gasteiger partial charge in [-0.1, -0.05) is 18.2 Å². The predicted octanol–water partition coefficient (Wildman–Crippen LogP) is 2.47. The van der Waals surface area contributed by atoms with Crippen molar-refractivity contribution in [3.63, 3.8) is 0 Å². The molecule has 5 heteroatoms. The maximum absolute atomic E-state index is 12.5. The van der Waals surface area contributed by atoms with Crippen molar-refractivity contribution >= 4 is 5.91 Å². The molecule has 114 valence electrons. The lowest BCUT2D eigenvalue weighted by Gasteiger charge is -2.32. The molecule has 1 amide bonds. The number of rotatable bonds is 3. The molecule has 1 aliphatic rings. The SMILES string of the molecule is Cc1ccccc1C(=O)N1CCC(Oc2cnccn2)CC1. The van der Waals surface area contributed by atoms with Crippen molar-refractivity contribution < 1.29 is 9.53 Å². The van der Waals surface area contributed by atoms with E-state index in [1.807, 2.05) is 36.1 Å². The maximum atomic E-state index is 12.5. The third-order valence-electron chi connectivity index (χ3n) is 3.93. The van der Waals surface area contributed by atoms with E-state index in [2.05, 4.69) is 9.97 Å². The molecule has 2 heterocycles. The molecule has 0 saturated carbocycles. The highest BCUT2D eigenvalue weighted by molar-refractivity contribution is 5.95. The second kappa shape index (κ2) is 6.56. The van der Waals surface area contributed by atoms with E-state index in [-0.39, 0.29) is 12.0 Å². The van der Waals surface area contributed by atoms with E-state index >= 15 is 0 Å². The van der Waals surface area contributed by atoms with Crippen LogP contribution in [0.1, 0.15) is 28.8 Å². The van der Waals surface area contributed by atoms with Gasteiger partial charge in [0.25, 0.3) is 5.91 Å². The molecular formula is C17H19N3O2. The van der Waals surface area contributed by atoms with Gasteiger partial charge in [-0.2, -0.15) is 0 Å². The highest BCUT2D eigenvalue weighted by Gasteiger charge is 2.25. The number of amides is 1. The number of piperidine rings is 1. The number of hydrogen-bond acceptors (Lipinski definition) is 4. The average molecular weight is 297 g/mol. The molecule has 1 aromatic heterocycles.